The fraction of sp³-hybridized carbons (Fsp3) is 0.385. The molecule has 2 N–H and O–H groups in total. The predicted molar refractivity (Wildman–Crippen MR) is 68.4 cm³/mol. The number of benzene rings is 1. The summed E-state index contributed by atoms with van der Waals surface area (Å²) < 4.78 is 0. The Morgan fingerprint density at radius 3 is 2.76 bits per heavy atom. The third kappa shape index (κ3) is 3.14. The molecule has 0 atom stereocenters. The first-order valence-corrected chi connectivity index (χ1v) is 6.07. The third-order valence-electron chi connectivity index (χ3n) is 2.67. The number of nitrogens with one attached hydrogen (secondary N) is 2. The molecule has 4 heteroatoms. The minimum atomic E-state index is 0.765. The number of hydrogen-bond acceptors (Lipinski definition) is 3. The van der Waals surface area contributed by atoms with E-state index in [-0.39, 0.29) is 0 Å². The van der Waals surface area contributed by atoms with E-state index < -0.39 is 0 Å². The molecule has 2 aromatic rings. The smallest absolute Gasteiger partial charge is 0.117 e. The molecule has 17 heavy (non-hydrogen) atoms. The van der Waals surface area contributed by atoms with Crippen LogP contribution in [-0.2, 0) is 6.54 Å². The topological polar surface area (TPSA) is 53.6 Å². The van der Waals surface area contributed by atoms with Crippen molar-refractivity contribution in [3.63, 3.8) is 0 Å². The van der Waals surface area contributed by atoms with E-state index in [1.807, 2.05) is 30.3 Å². The number of hydrogen-bond donors (Lipinski definition) is 2. The van der Waals surface area contributed by atoms with Crippen LogP contribution in [0.2, 0.25) is 0 Å². The SMILES string of the molecule is CCCCNCc1n[nH]nc1-c1ccccc1. The summed E-state index contributed by atoms with van der Waals surface area (Å²) in [4.78, 5) is 0. The fourth-order valence-electron chi connectivity index (χ4n) is 1.71. The Kier molecular flexibility index (Phi) is 4.27. The number of rotatable bonds is 6. The molecule has 0 saturated heterocycles. The molecule has 0 unspecified atom stereocenters. The summed E-state index contributed by atoms with van der Waals surface area (Å²) in [5, 5.41) is 14.5. The maximum absolute atomic E-state index is 4.21. The monoisotopic (exact) mass is 230 g/mol. The van der Waals surface area contributed by atoms with E-state index in [4.69, 9.17) is 0 Å². The van der Waals surface area contributed by atoms with Crippen molar-refractivity contribution in [2.24, 2.45) is 0 Å². The molecule has 0 aliphatic carbocycles. The van der Waals surface area contributed by atoms with Crippen molar-refractivity contribution in [1.82, 2.24) is 20.7 Å². The molecule has 1 aromatic carbocycles. The highest BCUT2D eigenvalue weighted by Gasteiger charge is 2.08. The van der Waals surface area contributed by atoms with Gasteiger partial charge in [0.05, 0.1) is 0 Å². The summed E-state index contributed by atoms with van der Waals surface area (Å²) in [5.74, 6) is 0. The summed E-state index contributed by atoms with van der Waals surface area (Å²) in [6, 6.07) is 10.1. The van der Waals surface area contributed by atoms with Crippen LogP contribution in [0.4, 0.5) is 0 Å². The average Bonchev–Trinajstić information content (AvgIpc) is 2.84. The molecule has 1 heterocycles. The summed E-state index contributed by atoms with van der Waals surface area (Å²) >= 11 is 0. The van der Waals surface area contributed by atoms with Crippen molar-refractivity contribution in [1.29, 1.82) is 0 Å². The quantitative estimate of drug-likeness (QED) is 0.749. The van der Waals surface area contributed by atoms with Crippen LogP contribution in [-0.4, -0.2) is 22.0 Å². The number of H-pyrrole nitrogens is 1. The van der Waals surface area contributed by atoms with Gasteiger partial charge in [0.15, 0.2) is 0 Å². The lowest BCUT2D eigenvalue weighted by Crippen LogP contribution is -2.15. The van der Waals surface area contributed by atoms with E-state index in [2.05, 4.69) is 27.7 Å². The molecule has 0 spiro atoms. The average molecular weight is 230 g/mol. The molecule has 90 valence electrons. The molecule has 2 rings (SSSR count). The normalized spacial score (nSPS) is 10.6. The Labute approximate surface area is 101 Å². The van der Waals surface area contributed by atoms with Gasteiger partial charge in [-0.2, -0.15) is 15.4 Å². The zero-order valence-electron chi connectivity index (χ0n) is 10.1. The first-order valence-electron chi connectivity index (χ1n) is 6.07. The number of aromatic nitrogens is 3. The molecular formula is C13H18N4. The molecule has 0 fully saturated rings. The van der Waals surface area contributed by atoms with Gasteiger partial charge in [-0.3, -0.25) is 0 Å². The van der Waals surface area contributed by atoms with Gasteiger partial charge >= 0.3 is 0 Å². The lowest BCUT2D eigenvalue weighted by Gasteiger charge is -2.03. The van der Waals surface area contributed by atoms with E-state index >= 15 is 0 Å². The Morgan fingerprint density at radius 1 is 1.18 bits per heavy atom. The molecule has 0 bridgehead atoms. The highest BCUT2D eigenvalue weighted by atomic mass is 15.3. The molecule has 0 saturated carbocycles. The van der Waals surface area contributed by atoms with Crippen molar-refractivity contribution in [3.8, 4) is 11.3 Å². The van der Waals surface area contributed by atoms with E-state index in [0.29, 0.717) is 0 Å². The maximum Gasteiger partial charge on any atom is 0.117 e. The molecule has 1 aromatic heterocycles. The zero-order chi connectivity index (χ0) is 11.9. The highest BCUT2D eigenvalue weighted by molar-refractivity contribution is 5.60. The Hall–Kier alpha value is -1.68. The van der Waals surface area contributed by atoms with Crippen LogP contribution in [0.1, 0.15) is 25.5 Å². The van der Waals surface area contributed by atoms with Crippen molar-refractivity contribution in [2.45, 2.75) is 26.3 Å². The second-order valence-corrected chi connectivity index (χ2v) is 4.02. The second-order valence-electron chi connectivity index (χ2n) is 4.02. The lowest BCUT2D eigenvalue weighted by atomic mass is 10.1. The summed E-state index contributed by atoms with van der Waals surface area (Å²) in [7, 11) is 0. The van der Waals surface area contributed by atoms with Gasteiger partial charge in [-0.25, -0.2) is 0 Å². The largest absolute Gasteiger partial charge is 0.311 e. The van der Waals surface area contributed by atoms with Crippen LogP contribution in [0.15, 0.2) is 30.3 Å². The Bertz CT molecular complexity index is 436. The van der Waals surface area contributed by atoms with Crippen molar-refractivity contribution >= 4 is 0 Å². The molecule has 4 nitrogen and oxygen atoms in total. The second kappa shape index (κ2) is 6.15. The van der Waals surface area contributed by atoms with E-state index in [9.17, 15) is 0 Å². The molecular weight excluding hydrogens is 212 g/mol. The molecule has 0 aliphatic rings. The Balaban J connectivity index is 2.02. The van der Waals surface area contributed by atoms with E-state index in [1.54, 1.807) is 0 Å². The molecule has 0 amide bonds. The van der Waals surface area contributed by atoms with Crippen LogP contribution in [0.25, 0.3) is 11.3 Å². The van der Waals surface area contributed by atoms with Crippen molar-refractivity contribution < 1.29 is 0 Å². The first-order chi connectivity index (χ1) is 8.42. The zero-order valence-corrected chi connectivity index (χ0v) is 10.1. The van der Waals surface area contributed by atoms with Gasteiger partial charge < -0.3 is 5.32 Å². The summed E-state index contributed by atoms with van der Waals surface area (Å²) in [6.07, 6.45) is 2.40. The molecule has 0 aliphatic heterocycles. The van der Waals surface area contributed by atoms with Crippen LogP contribution in [0, 0.1) is 0 Å². The molecule has 0 radical (unpaired) electrons. The van der Waals surface area contributed by atoms with Crippen LogP contribution in [0.3, 0.4) is 0 Å². The fourth-order valence-corrected chi connectivity index (χ4v) is 1.71. The maximum atomic E-state index is 4.21. The Morgan fingerprint density at radius 2 is 2.00 bits per heavy atom. The van der Waals surface area contributed by atoms with E-state index in [0.717, 1.165) is 30.0 Å². The van der Waals surface area contributed by atoms with Gasteiger partial charge in [0.25, 0.3) is 0 Å². The van der Waals surface area contributed by atoms with Crippen LogP contribution >= 0.6 is 0 Å². The van der Waals surface area contributed by atoms with Gasteiger partial charge in [-0.15, -0.1) is 0 Å². The van der Waals surface area contributed by atoms with Gasteiger partial charge in [0.2, 0.25) is 0 Å². The van der Waals surface area contributed by atoms with Gasteiger partial charge in [-0.05, 0) is 13.0 Å². The van der Waals surface area contributed by atoms with Crippen LogP contribution in [0.5, 0.6) is 0 Å². The number of aromatic amines is 1. The van der Waals surface area contributed by atoms with Crippen molar-refractivity contribution in [2.75, 3.05) is 6.54 Å². The van der Waals surface area contributed by atoms with Gasteiger partial charge in [0, 0.05) is 12.1 Å². The minimum Gasteiger partial charge on any atom is -0.311 e. The number of unbranched alkanes of at least 4 members (excludes halogenated alkanes) is 1. The van der Waals surface area contributed by atoms with Crippen LogP contribution < -0.4 is 5.32 Å². The predicted octanol–water partition coefficient (Wildman–Crippen LogP) is 2.36. The number of nitrogens with zero attached hydrogens (tertiary/aromatic N) is 2. The third-order valence-corrected chi connectivity index (χ3v) is 2.67. The first kappa shape index (κ1) is 11.8. The lowest BCUT2D eigenvalue weighted by molar-refractivity contribution is 0.632. The van der Waals surface area contributed by atoms with Gasteiger partial charge in [-0.1, -0.05) is 43.7 Å². The standard InChI is InChI=1S/C13H18N4/c1-2-3-9-14-10-12-13(16-17-15-12)11-7-5-4-6-8-11/h4-8,14H,2-3,9-10H2,1H3,(H,15,16,17). The highest BCUT2D eigenvalue weighted by Crippen LogP contribution is 2.18. The summed E-state index contributed by atoms with van der Waals surface area (Å²) in [6.45, 7) is 3.98. The van der Waals surface area contributed by atoms with E-state index in [1.165, 1.54) is 12.8 Å². The summed E-state index contributed by atoms with van der Waals surface area (Å²) in [5.41, 5.74) is 3.02. The van der Waals surface area contributed by atoms with Gasteiger partial charge in [0.1, 0.15) is 11.4 Å². The van der Waals surface area contributed by atoms with Crippen molar-refractivity contribution in [3.05, 3.63) is 36.0 Å². The minimum absolute atomic E-state index is 0.765.